The van der Waals surface area contributed by atoms with Crippen molar-refractivity contribution in [3.63, 3.8) is 0 Å². The predicted octanol–water partition coefficient (Wildman–Crippen LogP) is 0.976. The quantitative estimate of drug-likeness (QED) is 0.359. The van der Waals surface area contributed by atoms with E-state index in [1.54, 1.807) is 20.2 Å². The average Bonchev–Trinajstić information content (AvgIpc) is 3.66. The van der Waals surface area contributed by atoms with Crippen LogP contribution in [-0.2, 0) is 52.8 Å². The first-order valence-corrected chi connectivity index (χ1v) is 14.7. The van der Waals surface area contributed by atoms with Crippen LogP contribution in [0.15, 0.2) is 54.6 Å². The molecule has 2 aromatic rings. The maximum absolute atomic E-state index is 14.0. The van der Waals surface area contributed by atoms with Gasteiger partial charge >= 0.3 is 5.97 Å². The van der Waals surface area contributed by atoms with Crippen LogP contribution in [0.25, 0.3) is 6.08 Å². The number of carbonyl (C=O) groups excluding carboxylic acids is 3. The third-order valence-corrected chi connectivity index (χ3v) is 9.26. The zero-order chi connectivity index (χ0) is 29.9. The number of hydrogen-bond donors (Lipinski definition) is 2. The van der Waals surface area contributed by atoms with Crippen LogP contribution in [0, 0.1) is 5.41 Å². The third kappa shape index (κ3) is 4.58. The average molecular weight is 590 g/mol. The highest BCUT2D eigenvalue weighted by Crippen LogP contribution is 2.58. The lowest BCUT2D eigenvalue weighted by atomic mass is 9.62. The first-order chi connectivity index (χ1) is 20.7. The second kappa shape index (κ2) is 10.5. The largest absolute Gasteiger partial charge is 0.458 e. The predicted molar refractivity (Wildman–Crippen MR) is 152 cm³/mol. The molecule has 4 fully saturated rings. The second-order valence-corrected chi connectivity index (χ2v) is 12.2. The summed E-state index contributed by atoms with van der Waals surface area (Å²) in [6, 6.07) is 14.6. The lowest BCUT2D eigenvalue weighted by Crippen LogP contribution is -2.69. The number of rotatable bonds is 7. The van der Waals surface area contributed by atoms with E-state index in [2.05, 4.69) is 17.4 Å². The first kappa shape index (κ1) is 28.2. The minimum atomic E-state index is -1.30. The molecule has 3 saturated heterocycles. The molecule has 5 aliphatic rings. The molecule has 1 saturated carbocycles. The monoisotopic (exact) mass is 589 g/mol. The molecule has 2 aliphatic carbocycles. The van der Waals surface area contributed by atoms with Gasteiger partial charge in [-0.15, -0.1) is 0 Å². The molecule has 226 valence electrons. The molecule has 0 aromatic heterocycles. The second-order valence-electron chi connectivity index (χ2n) is 12.2. The normalized spacial score (nSPS) is 31.6. The van der Waals surface area contributed by atoms with Gasteiger partial charge in [0.1, 0.15) is 29.8 Å². The number of benzene rings is 2. The molecule has 2 N–H and O–H groups in total. The van der Waals surface area contributed by atoms with Gasteiger partial charge in [-0.25, -0.2) is 0 Å². The number of aliphatic hydroxyl groups excluding tert-OH is 1. The highest BCUT2D eigenvalue weighted by atomic mass is 16.8. The summed E-state index contributed by atoms with van der Waals surface area (Å²) in [5.41, 5.74) is 2.61. The van der Waals surface area contributed by atoms with Crippen LogP contribution in [0.2, 0.25) is 0 Å². The molecular formula is C32H35N3O8. The van der Waals surface area contributed by atoms with Crippen molar-refractivity contribution >= 4 is 23.9 Å². The minimum Gasteiger partial charge on any atom is -0.458 e. The number of amides is 2. The molecule has 2 bridgehead atoms. The number of hydroxylamine groups is 2. The maximum atomic E-state index is 14.0. The van der Waals surface area contributed by atoms with Crippen LogP contribution >= 0.6 is 0 Å². The Morgan fingerprint density at radius 1 is 1.09 bits per heavy atom. The van der Waals surface area contributed by atoms with Crippen molar-refractivity contribution in [1.82, 2.24) is 15.3 Å². The van der Waals surface area contributed by atoms with Crippen LogP contribution in [0.3, 0.4) is 0 Å². The van der Waals surface area contributed by atoms with E-state index in [-0.39, 0.29) is 37.9 Å². The number of ether oxygens (including phenoxy) is 3. The SMILES string of the molecule is CN(C)C(=O)C=Cc1cccc(CN2O[C@@H]3[C@H]4OC5(Cc6ccccc6C5)O[C@H]4[C@H]4C[C@]3(C(=O)NCCO)[C@@H]2C(=O)O4)c1. The van der Waals surface area contributed by atoms with Gasteiger partial charge in [0, 0.05) is 46.0 Å². The van der Waals surface area contributed by atoms with Crippen molar-refractivity contribution in [2.75, 3.05) is 27.2 Å². The molecule has 7 rings (SSSR count). The zero-order valence-electron chi connectivity index (χ0n) is 24.1. The number of likely N-dealkylation sites (N-methyl/N-ethyl adjacent to an activating group) is 1. The zero-order valence-corrected chi connectivity index (χ0v) is 24.1. The van der Waals surface area contributed by atoms with Gasteiger partial charge in [0.25, 0.3) is 0 Å². The Bertz CT molecular complexity index is 1470. The lowest BCUT2D eigenvalue weighted by Gasteiger charge is -2.48. The van der Waals surface area contributed by atoms with E-state index in [1.807, 2.05) is 36.4 Å². The van der Waals surface area contributed by atoms with Crippen LogP contribution in [0.5, 0.6) is 0 Å². The molecule has 11 nitrogen and oxygen atoms in total. The molecule has 3 heterocycles. The summed E-state index contributed by atoms with van der Waals surface area (Å²) in [7, 11) is 3.37. The van der Waals surface area contributed by atoms with Gasteiger partial charge in [-0.2, -0.15) is 5.06 Å². The van der Waals surface area contributed by atoms with Gasteiger partial charge in [0.15, 0.2) is 11.8 Å². The fraction of sp³-hybridized carbons (Fsp3) is 0.469. The number of esters is 1. The maximum Gasteiger partial charge on any atom is 0.327 e. The molecule has 0 unspecified atom stereocenters. The number of fused-ring (bicyclic) bond motifs is 5. The first-order valence-electron chi connectivity index (χ1n) is 14.7. The van der Waals surface area contributed by atoms with Gasteiger partial charge in [0.2, 0.25) is 11.8 Å². The molecule has 3 aliphatic heterocycles. The standard InChI is InChI=1S/C32H35N3O8/c1-34(2)24(37)11-10-19-6-5-7-20(14-19)18-35-27-29(38)40-23-17-32(27,30(39)33-12-13-36)28(43-35)26-25(23)41-31(42-26)15-21-8-3-4-9-22(21)16-31/h3-11,14,23,25-28,36H,12-13,15-18H2,1-2H3,(H,33,39)/t23-,25+,26+,27+,28-,32+/m1/s1. The fourth-order valence-electron chi connectivity index (χ4n) is 7.39. The third-order valence-electron chi connectivity index (χ3n) is 9.26. The highest BCUT2D eigenvalue weighted by Gasteiger charge is 2.76. The fourth-order valence-corrected chi connectivity index (χ4v) is 7.39. The smallest absolute Gasteiger partial charge is 0.327 e. The summed E-state index contributed by atoms with van der Waals surface area (Å²) in [5.74, 6) is -1.99. The van der Waals surface area contributed by atoms with Crippen molar-refractivity contribution in [3.8, 4) is 0 Å². The van der Waals surface area contributed by atoms with E-state index in [4.69, 9.17) is 19.0 Å². The van der Waals surface area contributed by atoms with Crippen molar-refractivity contribution in [3.05, 3.63) is 76.9 Å². The van der Waals surface area contributed by atoms with Crippen LogP contribution in [0.1, 0.15) is 28.7 Å². The summed E-state index contributed by atoms with van der Waals surface area (Å²) in [4.78, 5) is 47.8. The minimum absolute atomic E-state index is 0.0461. The summed E-state index contributed by atoms with van der Waals surface area (Å²) in [6.07, 6.45) is 1.80. The van der Waals surface area contributed by atoms with Crippen LogP contribution < -0.4 is 5.32 Å². The molecule has 6 atom stereocenters. The van der Waals surface area contributed by atoms with Gasteiger partial charge in [0.05, 0.1) is 13.2 Å². The Hall–Kier alpha value is -3.61. The van der Waals surface area contributed by atoms with E-state index >= 15 is 0 Å². The molecular weight excluding hydrogens is 554 g/mol. The van der Waals surface area contributed by atoms with Crippen LogP contribution in [0.4, 0.5) is 0 Å². The molecule has 11 heteroatoms. The molecule has 2 aromatic carbocycles. The van der Waals surface area contributed by atoms with Crippen molar-refractivity contribution in [1.29, 1.82) is 0 Å². The summed E-state index contributed by atoms with van der Waals surface area (Å²) in [5, 5.41) is 13.8. The van der Waals surface area contributed by atoms with E-state index in [0.717, 1.165) is 22.3 Å². The topological polar surface area (TPSA) is 127 Å². The van der Waals surface area contributed by atoms with Gasteiger partial charge in [-0.05, 0) is 28.3 Å². The Labute approximate surface area is 249 Å². The number of carbonyl (C=O) groups is 3. The number of nitrogens with zero attached hydrogens (tertiary/aromatic N) is 2. The summed E-state index contributed by atoms with van der Waals surface area (Å²) < 4.78 is 19.3. The van der Waals surface area contributed by atoms with Crippen molar-refractivity contribution < 1.29 is 38.5 Å². The highest BCUT2D eigenvalue weighted by molar-refractivity contribution is 5.93. The van der Waals surface area contributed by atoms with Crippen molar-refractivity contribution in [2.45, 2.75) is 62.1 Å². The Kier molecular flexibility index (Phi) is 6.90. The Morgan fingerprint density at radius 2 is 1.84 bits per heavy atom. The molecule has 0 radical (unpaired) electrons. The Balaban J connectivity index is 1.21. The molecule has 1 spiro atoms. The number of hydrogen-bond acceptors (Lipinski definition) is 9. The van der Waals surface area contributed by atoms with Gasteiger partial charge in [-0.3, -0.25) is 19.2 Å². The van der Waals surface area contributed by atoms with Gasteiger partial charge < -0.3 is 29.5 Å². The molecule has 2 amide bonds. The Morgan fingerprint density at radius 3 is 2.56 bits per heavy atom. The van der Waals surface area contributed by atoms with Crippen molar-refractivity contribution in [2.24, 2.45) is 5.41 Å². The van der Waals surface area contributed by atoms with Gasteiger partial charge in [-0.1, -0.05) is 48.5 Å². The summed E-state index contributed by atoms with van der Waals surface area (Å²) in [6.45, 7) is -0.00213. The van der Waals surface area contributed by atoms with E-state index in [1.165, 1.54) is 16.0 Å². The van der Waals surface area contributed by atoms with E-state index in [9.17, 15) is 19.5 Å². The molecule has 43 heavy (non-hydrogen) atoms. The van der Waals surface area contributed by atoms with E-state index < -0.39 is 47.6 Å². The van der Waals surface area contributed by atoms with Crippen LogP contribution in [-0.4, -0.2) is 96.3 Å². The summed E-state index contributed by atoms with van der Waals surface area (Å²) >= 11 is 0. The lowest BCUT2D eigenvalue weighted by molar-refractivity contribution is -0.217. The number of aliphatic hydroxyl groups is 1. The number of nitrogens with one attached hydrogen (secondary N) is 1. The van der Waals surface area contributed by atoms with E-state index in [0.29, 0.717) is 12.8 Å².